The second-order valence-electron chi connectivity index (χ2n) is 7.56. The molecule has 5 amide bonds. The molecule has 3 atom stereocenters. The number of carbonyl (C=O) groups excluding carboxylic acids is 5. The molecule has 38 heavy (non-hydrogen) atoms. The second-order valence-corrected chi connectivity index (χ2v) is 7.56. The highest BCUT2D eigenvalue weighted by molar-refractivity contribution is 5.96. The van der Waals surface area contributed by atoms with Gasteiger partial charge in [0.1, 0.15) is 24.7 Å². The SMILES string of the molecule is NCC(=O)NC(CCCN=C(N)N)C(=O)NCC(=O)NC(CC(=O)O)C(=O)NC(CO)C(=O)NCC(=O)O. The zero-order valence-corrected chi connectivity index (χ0v) is 20.3. The highest BCUT2D eigenvalue weighted by Crippen LogP contribution is 2.00. The first kappa shape index (κ1) is 33.5. The summed E-state index contributed by atoms with van der Waals surface area (Å²) in [5, 5.41) is 37.5. The Labute approximate surface area is 215 Å². The minimum atomic E-state index is -1.73. The lowest BCUT2D eigenvalue weighted by atomic mass is 10.1. The Balaban J connectivity index is 5.15. The third-order valence-corrected chi connectivity index (χ3v) is 4.47. The summed E-state index contributed by atoms with van der Waals surface area (Å²) >= 11 is 0. The first-order valence-electron chi connectivity index (χ1n) is 11.0. The molecule has 0 aliphatic carbocycles. The number of amides is 5. The molecular weight excluding hydrogens is 514 g/mol. The summed E-state index contributed by atoms with van der Waals surface area (Å²) in [5.41, 5.74) is 15.7. The largest absolute Gasteiger partial charge is 0.481 e. The van der Waals surface area contributed by atoms with Crippen LogP contribution in [0.3, 0.4) is 0 Å². The molecule has 0 radical (unpaired) electrons. The van der Waals surface area contributed by atoms with Crippen molar-refractivity contribution in [2.75, 3.05) is 32.8 Å². The number of nitrogens with two attached hydrogens (primary N) is 3. The molecule has 0 aliphatic rings. The van der Waals surface area contributed by atoms with Gasteiger partial charge in [-0.05, 0) is 12.8 Å². The minimum Gasteiger partial charge on any atom is -0.481 e. The molecule has 3 unspecified atom stereocenters. The molecule has 0 aromatic heterocycles. The maximum absolute atomic E-state index is 12.5. The second kappa shape index (κ2) is 17.8. The van der Waals surface area contributed by atoms with Crippen LogP contribution in [0.5, 0.6) is 0 Å². The van der Waals surface area contributed by atoms with Gasteiger partial charge in [0.15, 0.2) is 5.96 Å². The fourth-order valence-electron chi connectivity index (χ4n) is 2.70. The molecule has 0 aliphatic heterocycles. The van der Waals surface area contributed by atoms with Crippen molar-refractivity contribution in [2.24, 2.45) is 22.2 Å². The summed E-state index contributed by atoms with van der Waals surface area (Å²) in [7, 11) is 0. The van der Waals surface area contributed by atoms with Crippen LogP contribution in [-0.4, -0.2) is 114 Å². The minimum absolute atomic E-state index is 0.0759. The number of carboxylic acids is 2. The van der Waals surface area contributed by atoms with E-state index < -0.39 is 92.3 Å². The maximum atomic E-state index is 12.5. The number of nitrogens with zero attached hydrogens (tertiary/aromatic N) is 1. The van der Waals surface area contributed by atoms with Gasteiger partial charge in [0.25, 0.3) is 0 Å². The van der Waals surface area contributed by atoms with E-state index in [1.165, 1.54) is 0 Å². The van der Waals surface area contributed by atoms with Crippen LogP contribution in [0.1, 0.15) is 19.3 Å². The van der Waals surface area contributed by atoms with E-state index >= 15 is 0 Å². The Morgan fingerprint density at radius 3 is 1.84 bits per heavy atom. The Hall–Kier alpha value is -4.52. The van der Waals surface area contributed by atoms with Gasteiger partial charge >= 0.3 is 11.9 Å². The number of hydrogen-bond acceptors (Lipinski definition) is 10. The maximum Gasteiger partial charge on any atom is 0.322 e. The van der Waals surface area contributed by atoms with Crippen molar-refractivity contribution in [1.82, 2.24) is 26.6 Å². The molecule has 0 aromatic rings. The van der Waals surface area contributed by atoms with Crippen molar-refractivity contribution < 1.29 is 48.9 Å². The van der Waals surface area contributed by atoms with E-state index in [1.807, 2.05) is 10.6 Å². The fourth-order valence-corrected chi connectivity index (χ4v) is 2.70. The summed E-state index contributed by atoms with van der Waals surface area (Å²) in [5.74, 6) is -7.75. The predicted octanol–water partition coefficient (Wildman–Crippen LogP) is -6.76. The number of aliphatic hydroxyl groups excluding tert-OH is 1. The molecule has 0 rings (SSSR count). The van der Waals surface area contributed by atoms with Crippen LogP contribution in [0.2, 0.25) is 0 Å². The molecule has 19 heteroatoms. The topological polar surface area (TPSA) is 331 Å². The molecule has 214 valence electrons. The molecule has 0 aromatic carbocycles. The van der Waals surface area contributed by atoms with E-state index in [0.29, 0.717) is 0 Å². The summed E-state index contributed by atoms with van der Waals surface area (Å²) in [6, 6.07) is -4.48. The van der Waals surface area contributed by atoms with Crippen LogP contribution in [0.4, 0.5) is 0 Å². The Morgan fingerprint density at radius 1 is 0.737 bits per heavy atom. The smallest absolute Gasteiger partial charge is 0.322 e. The van der Waals surface area contributed by atoms with Gasteiger partial charge in [0, 0.05) is 6.54 Å². The quantitative estimate of drug-likeness (QED) is 0.0432. The lowest BCUT2D eigenvalue weighted by Crippen LogP contribution is -2.57. The van der Waals surface area contributed by atoms with Crippen LogP contribution >= 0.6 is 0 Å². The van der Waals surface area contributed by atoms with Crippen LogP contribution < -0.4 is 43.8 Å². The zero-order valence-electron chi connectivity index (χ0n) is 20.3. The highest BCUT2D eigenvalue weighted by atomic mass is 16.4. The number of carboxylic acid groups (broad SMARTS) is 2. The fraction of sp³-hybridized carbons (Fsp3) is 0.579. The summed E-state index contributed by atoms with van der Waals surface area (Å²) in [6.45, 7) is -2.75. The monoisotopic (exact) mass is 547 g/mol. The number of aliphatic imine (C=N–C) groups is 1. The Morgan fingerprint density at radius 2 is 1.32 bits per heavy atom. The van der Waals surface area contributed by atoms with Crippen molar-refractivity contribution in [1.29, 1.82) is 0 Å². The predicted molar refractivity (Wildman–Crippen MR) is 128 cm³/mol. The van der Waals surface area contributed by atoms with Gasteiger partial charge in [0.2, 0.25) is 29.5 Å². The van der Waals surface area contributed by atoms with Gasteiger partial charge in [-0.2, -0.15) is 0 Å². The van der Waals surface area contributed by atoms with E-state index in [9.17, 15) is 38.7 Å². The zero-order chi connectivity index (χ0) is 29.3. The number of nitrogens with one attached hydrogen (secondary N) is 5. The molecule has 0 spiro atoms. The number of aliphatic carboxylic acids is 2. The van der Waals surface area contributed by atoms with Crippen LogP contribution in [0.25, 0.3) is 0 Å². The molecular formula is C19H33N9O10. The van der Waals surface area contributed by atoms with Crippen molar-refractivity contribution in [3.8, 4) is 0 Å². The summed E-state index contributed by atoms with van der Waals surface area (Å²) in [6.07, 6.45) is -0.577. The van der Waals surface area contributed by atoms with Crippen molar-refractivity contribution in [3.63, 3.8) is 0 Å². The average molecular weight is 548 g/mol. The van der Waals surface area contributed by atoms with Crippen molar-refractivity contribution in [3.05, 3.63) is 0 Å². The van der Waals surface area contributed by atoms with E-state index in [1.54, 1.807) is 0 Å². The lowest BCUT2D eigenvalue weighted by Gasteiger charge is -2.21. The molecule has 0 saturated heterocycles. The van der Waals surface area contributed by atoms with Crippen molar-refractivity contribution >= 4 is 47.4 Å². The number of hydrogen-bond donors (Lipinski definition) is 11. The van der Waals surface area contributed by atoms with Gasteiger partial charge < -0.3 is 59.1 Å². The first-order chi connectivity index (χ1) is 17.8. The van der Waals surface area contributed by atoms with Gasteiger partial charge in [-0.25, -0.2) is 0 Å². The third-order valence-electron chi connectivity index (χ3n) is 4.47. The van der Waals surface area contributed by atoms with E-state index in [0.717, 1.165) is 0 Å². The average Bonchev–Trinajstić information content (AvgIpc) is 2.84. The van der Waals surface area contributed by atoms with Gasteiger partial charge in [-0.3, -0.25) is 38.6 Å². The molecule has 0 heterocycles. The van der Waals surface area contributed by atoms with Crippen molar-refractivity contribution in [2.45, 2.75) is 37.4 Å². The first-order valence-corrected chi connectivity index (χ1v) is 11.0. The highest BCUT2D eigenvalue weighted by Gasteiger charge is 2.29. The van der Waals surface area contributed by atoms with E-state index in [2.05, 4.69) is 20.9 Å². The standard InChI is InChI=1S/C19H33N9O10/c20-5-12(30)26-9(2-1-3-23-19(21)22)16(36)24-6-13(31)27-10(4-14(32)33)18(38)28-11(8-29)17(37)25-7-15(34)35/h9-11,29H,1-8,20H2,(H,24,36)(H,25,37)(H,26,30)(H,27,31)(H,28,38)(H,32,33)(H,34,35)(H4,21,22,23). The molecule has 0 saturated carbocycles. The van der Waals surface area contributed by atoms with Crippen LogP contribution in [-0.2, 0) is 33.6 Å². The Kier molecular flexibility index (Phi) is 15.7. The number of carbonyl (C=O) groups is 7. The van der Waals surface area contributed by atoms with Gasteiger partial charge in [0.05, 0.1) is 26.1 Å². The Bertz CT molecular complexity index is 907. The number of rotatable bonds is 18. The molecule has 0 fully saturated rings. The molecule has 19 nitrogen and oxygen atoms in total. The molecule has 0 bridgehead atoms. The van der Waals surface area contributed by atoms with Crippen LogP contribution in [0.15, 0.2) is 4.99 Å². The normalized spacial score (nSPS) is 12.6. The van der Waals surface area contributed by atoms with Gasteiger partial charge in [-0.1, -0.05) is 0 Å². The lowest BCUT2D eigenvalue weighted by molar-refractivity contribution is -0.141. The summed E-state index contributed by atoms with van der Waals surface area (Å²) < 4.78 is 0. The number of aliphatic hydroxyl groups is 1. The van der Waals surface area contributed by atoms with E-state index in [-0.39, 0.29) is 25.3 Å². The van der Waals surface area contributed by atoms with Crippen LogP contribution in [0, 0.1) is 0 Å². The number of guanidine groups is 1. The summed E-state index contributed by atoms with van der Waals surface area (Å²) in [4.78, 5) is 86.2. The molecule has 14 N–H and O–H groups in total. The van der Waals surface area contributed by atoms with E-state index in [4.69, 9.17) is 27.4 Å². The third kappa shape index (κ3) is 14.8. The van der Waals surface area contributed by atoms with Gasteiger partial charge in [-0.15, -0.1) is 0 Å².